The van der Waals surface area contributed by atoms with Crippen LogP contribution in [-0.4, -0.2) is 16.9 Å². The largest absolute Gasteiger partial charge is 0.484 e. The number of nitrogens with zero attached hydrogens (tertiary/aromatic N) is 1. The predicted molar refractivity (Wildman–Crippen MR) is 69.8 cm³/mol. The van der Waals surface area contributed by atoms with Gasteiger partial charge in [0.2, 0.25) is 5.91 Å². The van der Waals surface area contributed by atoms with Crippen LogP contribution in [0.1, 0.15) is 19.8 Å². The van der Waals surface area contributed by atoms with Crippen molar-refractivity contribution in [2.45, 2.75) is 25.9 Å². The first-order chi connectivity index (χ1) is 8.93. The van der Waals surface area contributed by atoms with Crippen LogP contribution in [0.5, 0.6) is 5.75 Å². The van der Waals surface area contributed by atoms with E-state index in [0.717, 1.165) is 0 Å². The van der Waals surface area contributed by atoms with Crippen molar-refractivity contribution in [1.29, 1.82) is 0 Å². The maximum absolute atomic E-state index is 11.0. The number of rotatable bonds is 6. The lowest BCUT2D eigenvalue weighted by molar-refractivity contribution is -0.386. The van der Waals surface area contributed by atoms with Crippen LogP contribution in [0.25, 0.3) is 0 Å². The second kappa shape index (κ2) is 6.91. The molecule has 104 valence electrons. The Hall–Kier alpha value is -1.86. The lowest BCUT2D eigenvalue weighted by Gasteiger charge is -2.14. The van der Waals surface area contributed by atoms with Gasteiger partial charge in [-0.05, 0) is 25.5 Å². The molecule has 1 rings (SSSR count). The Labute approximate surface area is 114 Å². The minimum atomic E-state index is -0.569. The van der Waals surface area contributed by atoms with Gasteiger partial charge in [0.05, 0.1) is 11.0 Å². The van der Waals surface area contributed by atoms with Gasteiger partial charge in [0, 0.05) is 17.5 Å². The molecule has 0 saturated carbocycles. The van der Waals surface area contributed by atoms with E-state index >= 15 is 0 Å². The first kappa shape index (κ1) is 15.2. The summed E-state index contributed by atoms with van der Waals surface area (Å²) in [6, 6.07) is 4.15. The molecule has 0 heterocycles. The number of ether oxygens (including phenoxy) is 1. The van der Waals surface area contributed by atoms with Crippen molar-refractivity contribution >= 4 is 23.2 Å². The number of amides is 1. The van der Waals surface area contributed by atoms with E-state index in [0.29, 0.717) is 6.42 Å². The molecule has 1 amide bonds. The van der Waals surface area contributed by atoms with E-state index in [-0.39, 0.29) is 34.9 Å². The molecular weight excluding hydrogens is 274 g/mol. The number of nitrogens with one attached hydrogen (secondary N) is 1. The highest BCUT2D eigenvalue weighted by Crippen LogP contribution is 2.31. The maximum atomic E-state index is 11.0. The molecule has 1 aromatic rings. The van der Waals surface area contributed by atoms with E-state index in [1.54, 1.807) is 6.92 Å². The standard InChI is InChI=1S/C11H14ClN3O4/c1-7(2-5-11(16)14-13)19-10-4-3-8(12)6-9(10)15(17)18/h3-4,6-7H,2,5,13H2,1H3,(H,14,16). The van der Waals surface area contributed by atoms with Gasteiger partial charge in [-0.3, -0.25) is 20.3 Å². The molecule has 0 aromatic heterocycles. The summed E-state index contributed by atoms with van der Waals surface area (Å²) >= 11 is 5.69. The molecule has 19 heavy (non-hydrogen) atoms. The van der Waals surface area contributed by atoms with Crippen LogP contribution >= 0.6 is 11.6 Å². The summed E-state index contributed by atoms with van der Waals surface area (Å²) in [5.41, 5.74) is 1.80. The lowest BCUT2D eigenvalue weighted by Crippen LogP contribution is -2.30. The lowest BCUT2D eigenvalue weighted by atomic mass is 10.2. The fraction of sp³-hybridized carbons (Fsp3) is 0.364. The molecule has 1 aromatic carbocycles. The first-order valence-electron chi connectivity index (χ1n) is 5.54. The highest BCUT2D eigenvalue weighted by molar-refractivity contribution is 6.30. The normalized spacial score (nSPS) is 11.7. The number of nitro benzene ring substituents is 1. The monoisotopic (exact) mass is 287 g/mol. The summed E-state index contributed by atoms with van der Waals surface area (Å²) in [5, 5.41) is 11.1. The molecule has 8 heteroatoms. The SMILES string of the molecule is CC(CCC(=O)NN)Oc1ccc(Cl)cc1[N+](=O)[O-]. The maximum Gasteiger partial charge on any atom is 0.312 e. The second-order valence-electron chi connectivity index (χ2n) is 3.90. The van der Waals surface area contributed by atoms with Gasteiger partial charge in [-0.25, -0.2) is 5.84 Å². The van der Waals surface area contributed by atoms with Crippen molar-refractivity contribution in [2.75, 3.05) is 0 Å². The van der Waals surface area contributed by atoms with E-state index < -0.39 is 4.92 Å². The Morgan fingerprint density at radius 3 is 2.89 bits per heavy atom. The molecule has 0 fully saturated rings. The summed E-state index contributed by atoms with van der Waals surface area (Å²) in [6.45, 7) is 1.71. The van der Waals surface area contributed by atoms with Crippen LogP contribution in [0.4, 0.5) is 5.69 Å². The molecule has 0 bridgehead atoms. The van der Waals surface area contributed by atoms with Gasteiger partial charge in [0.15, 0.2) is 5.75 Å². The van der Waals surface area contributed by atoms with Crippen molar-refractivity contribution in [1.82, 2.24) is 5.43 Å². The highest BCUT2D eigenvalue weighted by Gasteiger charge is 2.18. The number of nitro groups is 1. The summed E-state index contributed by atoms with van der Waals surface area (Å²) in [6.07, 6.45) is 0.208. The summed E-state index contributed by atoms with van der Waals surface area (Å²) in [5.74, 6) is 4.75. The third-order valence-electron chi connectivity index (χ3n) is 2.38. The number of carbonyl (C=O) groups excluding carboxylic acids is 1. The van der Waals surface area contributed by atoms with Crippen molar-refractivity contribution in [3.8, 4) is 5.75 Å². The van der Waals surface area contributed by atoms with Gasteiger partial charge in [0.1, 0.15) is 0 Å². The van der Waals surface area contributed by atoms with E-state index in [1.807, 2.05) is 5.43 Å². The van der Waals surface area contributed by atoms with Gasteiger partial charge >= 0.3 is 5.69 Å². The molecule has 7 nitrogen and oxygen atoms in total. The average Bonchev–Trinajstić information content (AvgIpc) is 2.37. The number of hydrogen-bond acceptors (Lipinski definition) is 5. The van der Waals surface area contributed by atoms with Crippen LogP contribution in [-0.2, 0) is 4.79 Å². The number of hydrogen-bond donors (Lipinski definition) is 2. The van der Waals surface area contributed by atoms with Gasteiger partial charge in [0.25, 0.3) is 0 Å². The number of hydrazine groups is 1. The Kier molecular flexibility index (Phi) is 5.53. The average molecular weight is 288 g/mol. The summed E-state index contributed by atoms with van der Waals surface area (Å²) in [4.78, 5) is 21.3. The predicted octanol–water partition coefficient (Wildman–Crippen LogP) is 1.79. The molecule has 0 aliphatic rings. The van der Waals surface area contributed by atoms with Crippen LogP contribution in [0.2, 0.25) is 5.02 Å². The van der Waals surface area contributed by atoms with Gasteiger partial charge in [-0.1, -0.05) is 11.6 Å². The molecular formula is C11H14ClN3O4. The molecule has 1 atom stereocenters. The topological polar surface area (TPSA) is 107 Å². The van der Waals surface area contributed by atoms with E-state index in [4.69, 9.17) is 22.2 Å². The van der Waals surface area contributed by atoms with Crippen LogP contribution in [0.3, 0.4) is 0 Å². The third kappa shape index (κ3) is 4.72. The minimum Gasteiger partial charge on any atom is -0.484 e. The highest BCUT2D eigenvalue weighted by atomic mass is 35.5. The third-order valence-corrected chi connectivity index (χ3v) is 2.62. The zero-order valence-corrected chi connectivity index (χ0v) is 11.0. The van der Waals surface area contributed by atoms with Crippen LogP contribution in [0, 0.1) is 10.1 Å². The van der Waals surface area contributed by atoms with Crippen molar-refractivity contribution in [3.63, 3.8) is 0 Å². The molecule has 0 aliphatic carbocycles. The Morgan fingerprint density at radius 1 is 1.63 bits per heavy atom. The van der Waals surface area contributed by atoms with E-state index in [1.165, 1.54) is 18.2 Å². The van der Waals surface area contributed by atoms with Gasteiger partial charge in [-0.15, -0.1) is 0 Å². The van der Waals surface area contributed by atoms with E-state index in [9.17, 15) is 14.9 Å². The number of halogens is 1. The smallest absolute Gasteiger partial charge is 0.312 e. The minimum absolute atomic E-state index is 0.120. The van der Waals surface area contributed by atoms with Gasteiger partial charge < -0.3 is 4.74 Å². The molecule has 0 saturated heterocycles. The molecule has 1 unspecified atom stereocenters. The van der Waals surface area contributed by atoms with Crippen LogP contribution < -0.4 is 16.0 Å². The first-order valence-corrected chi connectivity index (χ1v) is 5.92. The second-order valence-corrected chi connectivity index (χ2v) is 4.34. The van der Waals surface area contributed by atoms with Crippen LogP contribution in [0.15, 0.2) is 18.2 Å². The molecule has 0 spiro atoms. The Morgan fingerprint density at radius 2 is 2.32 bits per heavy atom. The number of nitrogens with two attached hydrogens (primary N) is 1. The summed E-state index contributed by atoms with van der Waals surface area (Å²) < 4.78 is 5.44. The zero-order chi connectivity index (χ0) is 14.4. The fourth-order valence-electron chi connectivity index (χ4n) is 1.42. The van der Waals surface area contributed by atoms with Crippen molar-refractivity contribution < 1.29 is 14.5 Å². The molecule has 0 radical (unpaired) electrons. The van der Waals surface area contributed by atoms with Crippen molar-refractivity contribution in [3.05, 3.63) is 33.3 Å². The Bertz CT molecular complexity index is 481. The van der Waals surface area contributed by atoms with E-state index in [2.05, 4.69) is 0 Å². The Balaban J connectivity index is 2.71. The molecule has 3 N–H and O–H groups in total. The summed E-state index contributed by atoms with van der Waals surface area (Å²) in [7, 11) is 0. The number of carbonyl (C=O) groups is 1. The van der Waals surface area contributed by atoms with Gasteiger partial charge in [-0.2, -0.15) is 0 Å². The number of benzene rings is 1. The zero-order valence-electron chi connectivity index (χ0n) is 10.3. The van der Waals surface area contributed by atoms with Crippen molar-refractivity contribution in [2.24, 2.45) is 5.84 Å². The fourth-order valence-corrected chi connectivity index (χ4v) is 1.58. The molecule has 0 aliphatic heterocycles. The quantitative estimate of drug-likeness (QED) is 0.359.